The molecule has 2 aliphatic heterocycles. The Balaban J connectivity index is 1.31. The maximum Gasteiger partial charge on any atom is 0.246 e. The number of benzene rings is 2. The van der Waals surface area contributed by atoms with E-state index in [-0.39, 0.29) is 18.4 Å². The van der Waals surface area contributed by atoms with Gasteiger partial charge in [-0.1, -0.05) is 36.4 Å². The van der Waals surface area contributed by atoms with E-state index < -0.39 is 11.6 Å². The van der Waals surface area contributed by atoms with Gasteiger partial charge in [0.2, 0.25) is 11.8 Å². The van der Waals surface area contributed by atoms with Crippen LogP contribution in [0.2, 0.25) is 0 Å². The highest BCUT2D eigenvalue weighted by Gasteiger charge is 2.51. The minimum atomic E-state index is -0.563. The van der Waals surface area contributed by atoms with E-state index in [2.05, 4.69) is 34.2 Å². The zero-order chi connectivity index (χ0) is 22.0. The third kappa shape index (κ3) is 2.65. The van der Waals surface area contributed by atoms with Crippen molar-refractivity contribution in [2.75, 3.05) is 13.1 Å². The average Bonchev–Trinajstić information content (AvgIpc) is 3.37. The Hall–Kier alpha value is -3.54. The van der Waals surface area contributed by atoms with Gasteiger partial charge in [-0.2, -0.15) is 0 Å². The fourth-order valence-corrected chi connectivity index (χ4v) is 5.72. The summed E-state index contributed by atoms with van der Waals surface area (Å²) >= 11 is 0. The van der Waals surface area contributed by atoms with Crippen LogP contribution in [0.1, 0.15) is 30.7 Å². The van der Waals surface area contributed by atoms with Crippen molar-refractivity contribution in [3.05, 3.63) is 71.5 Å². The molecule has 4 heterocycles. The van der Waals surface area contributed by atoms with Crippen LogP contribution in [0, 0.1) is 0 Å². The second kappa shape index (κ2) is 6.73. The number of amides is 2. The summed E-state index contributed by atoms with van der Waals surface area (Å²) < 4.78 is 0. The highest BCUT2D eigenvalue weighted by atomic mass is 16.2. The molecule has 162 valence electrons. The molecule has 0 unspecified atom stereocenters. The predicted molar refractivity (Wildman–Crippen MR) is 124 cm³/mol. The monoisotopic (exact) mass is 426 g/mol. The lowest BCUT2D eigenvalue weighted by Gasteiger charge is -2.51. The minimum absolute atomic E-state index is 0.0165. The van der Waals surface area contributed by atoms with E-state index in [0.717, 1.165) is 34.1 Å². The van der Waals surface area contributed by atoms with E-state index in [0.29, 0.717) is 13.0 Å². The third-order valence-corrected chi connectivity index (χ3v) is 7.25. The first-order chi connectivity index (χ1) is 15.4. The molecule has 1 fully saturated rings. The zero-order valence-corrected chi connectivity index (χ0v) is 18.3. The lowest BCUT2D eigenvalue weighted by molar-refractivity contribution is -0.163. The highest BCUT2D eigenvalue weighted by Crippen LogP contribution is 2.42. The first-order valence-corrected chi connectivity index (χ1v) is 11.2. The number of nitrogens with zero attached hydrogens (tertiary/aromatic N) is 2. The highest BCUT2D eigenvalue weighted by molar-refractivity contribution is 5.97. The van der Waals surface area contributed by atoms with Gasteiger partial charge in [0, 0.05) is 46.7 Å². The molecule has 2 aromatic carbocycles. The molecule has 0 radical (unpaired) electrons. The Bertz CT molecular complexity index is 1380. The van der Waals surface area contributed by atoms with E-state index in [9.17, 15) is 9.59 Å². The van der Waals surface area contributed by atoms with Crippen molar-refractivity contribution in [3.63, 3.8) is 0 Å². The molecular formula is C26H26N4O2. The van der Waals surface area contributed by atoms with Crippen LogP contribution in [-0.2, 0) is 28.0 Å². The van der Waals surface area contributed by atoms with Crippen LogP contribution in [0.5, 0.6) is 0 Å². The van der Waals surface area contributed by atoms with E-state index in [1.807, 2.05) is 49.2 Å². The second-order valence-electron chi connectivity index (χ2n) is 9.44. The zero-order valence-electron chi connectivity index (χ0n) is 18.3. The van der Waals surface area contributed by atoms with Gasteiger partial charge in [0.25, 0.3) is 0 Å². The lowest BCUT2D eigenvalue weighted by Crippen LogP contribution is -2.67. The van der Waals surface area contributed by atoms with E-state index in [1.165, 1.54) is 10.9 Å². The number of carbonyl (C=O) groups is 2. The Morgan fingerprint density at radius 1 is 1.00 bits per heavy atom. The van der Waals surface area contributed by atoms with Crippen LogP contribution < -0.4 is 0 Å². The van der Waals surface area contributed by atoms with E-state index >= 15 is 0 Å². The number of para-hydroxylation sites is 2. The summed E-state index contributed by atoms with van der Waals surface area (Å²) in [4.78, 5) is 37.3. The van der Waals surface area contributed by atoms with Crippen LogP contribution in [0.25, 0.3) is 21.8 Å². The van der Waals surface area contributed by atoms with Gasteiger partial charge >= 0.3 is 0 Å². The van der Waals surface area contributed by atoms with Crippen molar-refractivity contribution in [3.8, 4) is 0 Å². The van der Waals surface area contributed by atoms with Gasteiger partial charge in [0.15, 0.2) is 0 Å². The van der Waals surface area contributed by atoms with Crippen molar-refractivity contribution < 1.29 is 9.59 Å². The van der Waals surface area contributed by atoms with E-state index in [1.54, 1.807) is 4.90 Å². The maximum atomic E-state index is 13.6. The lowest BCUT2D eigenvalue weighted by atomic mass is 9.82. The molecule has 2 N–H and O–H groups in total. The summed E-state index contributed by atoms with van der Waals surface area (Å²) in [5.74, 6) is 0.0660. The molecule has 0 aliphatic carbocycles. The third-order valence-electron chi connectivity index (χ3n) is 7.25. The number of aromatic nitrogens is 2. The number of H-pyrrole nitrogens is 2. The van der Waals surface area contributed by atoms with Gasteiger partial charge in [0.1, 0.15) is 6.04 Å². The van der Waals surface area contributed by atoms with Crippen molar-refractivity contribution in [1.29, 1.82) is 0 Å². The van der Waals surface area contributed by atoms with Crippen molar-refractivity contribution in [2.45, 2.75) is 38.3 Å². The molecule has 2 aliphatic rings. The first-order valence-electron chi connectivity index (χ1n) is 11.2. The molecule has 1 saturated heterocycles. The number of aromatic amines is 2. The fourth-order valence-electron chi connectivity index (χ4n) is 5.72. The summed E-state index contributed by atoms with van der Waals surface area (Å²) in [5, 5.41) is 2.32. The number of carbonyl (C=O) groups excluding carboxylic acids is 2. The summed E-state index contributed by atoms with van der Waals surface area (Å²) in [6.07, 6.45) is 3.28. The maximum absolute atomic E-state index is 13.6. The van der Waals surface area contributed by atoms with Crippen LogP contribution >= 0.6 is 0 Å². The number of hydrogen-bond acceptors (Lipinski definition) is 2. The Morgan fingerprint density at radius 2 is 1.72 bits per heavy atom. The van der Waals surface area contributed by atoms with E-state index in [4.69, 9.17) is 0 Å². The largest absolute Gasteiger partial charge is 0.361 e. The Labute approximate surface area is 186 Å². The predicted octanol–water partition coefficient (Wildman–Crippen LogP) is 3.72. The number of fused-ring (bicyclic) bond motifs is 5. The van der Waals surface area contributed by atoms with Gasteiger partial charge in [-0.3, -0.25) is 9.59 Å². The van der Waals surface area contributed by atoms with Crippen molar-refractivity contribution in [1.82, 2.24) is 19.8 Å². The van der Waals surface area contributed by atoms with Crippen LogP contribution in [0.15, 0.2) is 54.7 Å². The molecular weight excluding hydrogens is 400 g/mol. The molecule has 2 aromatic heterocycles. The number of nitrogens with one attached hydrogen (secondary N) is 2. The van der Waals surface area contributed by atoms with Crippen molar-refractivity contribution in [2.24, 2.45) is 0 Å². The van der Waals surface area contributed by atoms with Gasteiger partial charge in [-0.05, 0) is 43.5 Å². The van der Waals surface area contributed by atoms with Gasteiger partial charge in [-0.15, -0.1) is 0 Å². The minimum Gasteiger partial charge on any atom is -0.361 e. The molecule has 6 nitrogen and oxygen atoms in total. The average molecular weight is 427 g/mol. The standard InChI is InChI=1S/C26H26N4O2/c1-26(2)24-19(18-8-4-6-10-21(18)28-24)13-22-25(32)29(15-23(31)30(22)26)12-11-16-14-27-20-9-5-3-7-17(16)20/h3-10,14,22,27-28H,11-13,15H2,1-2H3/t22-/m0/s1. The normalized spacial score (nSPS) is 20.1. The fraction of sp³-hybridized carbons (Fsp3) is 0.308. The van der Waals surface area contributed by atoms with Crippen LogP contribution in [-0.4, -0.2) is 50.7 Å². The van der Waals surface area contributed by atoms with Gasteiger partial charge in [-0.25, -0.2) is 0 Å². The smallest absolute Gasteiger partial charge is 0.246 e. The summed E-state index contributed by atoms with van der Waals surface area (Å²) in [7, 11) is 0. The summed E-state index contributed by atoms with van der Waals surface area (Å²) in [5.41, 5.74) is 4.96. The van der Waals surface area contributed by atoms with Crippen molar-refractivity contribution >= 4 is 33.6 Å². The second-order valence-corrected chi connectivity index (χ2v) is 9.44. The number of piperazine rings is 1. The molecule has 2 amide bonds. The van der Waals surface area contributed by atoms with Gasteiger partial charge < -0.3 is 19.8 Å². The summed E-state index contributed by atoms with van der Waals surface area (Å²) in [6.45, 7) is 4.76. The SMILES string of the molecule is CC1(C)c2[nH]c3ccccc3c2C[C@H]2C(=O)N(CCc3c[nH]c4ccccc34)CC(=O)N21. The van der Waals surface area contributed by atoms with Crippen LogP contribution in [0.3, 0.4) is 0 Å². The molecule has 6 rings (SSSR count). The van der Waals surface area contributed by atoms with Gasteiger partial charge in [0.05, 0.1) is 12.1 Å². The first kappa shape index (κ1) is 19.2. The topological polar surface area (TPSA) is 72.2 Å². The molecule has 0 spiro atoms. The molecule has 6 heteroatoms. The Kier molecular flexibility index (Phi) is 4.03. The van der Waals surface area contributed by atoms with Crippen LogP contribution in [0.4, 0.5) is 0 Å². The molecule has 0 saturated carbocycles. The number of rotatable bonds is 3. The Morgan fingerprint density at radius 3 is 2.53 bits per heavy atom. The molecule has 0 bridgehead atoms. The number of hydrogen-bond donors (Lipinski definition) is 2. The molecule has 32 heavy (non-hydrogen) atoms. The quantitative estimate of drug-likeness (QED) is 0.524. The summed E-state index contributed by atoms with van der Waals surface area (Å²) in [6, 6.07) is 15.9. The molecule has 4 aromatic rings. The molecule has 1 atom stereocenters.